The van der Waals surface area contributed by atoms with Gasteiger partial charge in [0, 0.05) is 13.0 Å². The van der Waals surface area contributed by atoms with Crippen molar-refractivity contribution in [3.63, 3.8) is 0 Å². The van der Waals surface area contributed by atoms with E-state index in [4.69, 9.17) is 4.74 Å². The highest BCUT2D eigenvalue weighted by atomic mass is 16.5. The highest BCUT2D eigenvalue weighted by Gasteiger charge is 2.43. The lowest BCUT2D eigenvalue weighted by Crippen LogP contribution is -2.44. The summed E-state index contributed by atoms with van der Waals surface area (Å²) in [5.74, 6) is -1.34. The van der Waals surface area contributed by atoms with Gasteiger partial charge >= 0.3 is 5.97 Å². The third kappa shape index (κ3) is 2.58. The summed E-state index contributed by atoms with van der Waals surface area (Å²) in [7, 11) is 1.44. The number of rotatable bonds is 5. The fraction of sp³-hybridized carbons (Fsp3) is 0.235. The van der Waals surface area contributed by atoms with Gasteiger partial charge in [0.05, 0.1) is 0 Å². The molecule has 0 amide bonds. The number of ether oxygens (including phenoxy) is 1. The average Bonchev–Trinajstić information content (AvgIpc) is 2.49. The Hall–Kier alpha value is -2.13. The van der Waals surface area contributed by atoms with Crippen LogP contribution in [0.15, 0.2) is 60.7 Å². The van der Waals surface area contributed by atoms with Gasteiger partial charge in [0.1, 0.15) is 0 Å². The number of hydrogen-bond acceptors (Lipinski definition) is 2. The van der Waals surface area contributed by atoms with Crippen molar-refractivity contribution in [3.8, 4) is 0 Å². The van der Waals surface area contributed by atoms with Crippen molar-refractivity contribution in [1.82, 2.24) is 0 Å². The van der Waals surface area contributed by atoms with Crippen molar-refractivity contribution in [3.05, 3.63) is 71.8 Å². The van der Waals surface area contributed by atoms with Gasteiger partial charge in [-0.2, -0.15) is 0 Å². The smallest absolute Gasteiger partial charge is 0.336 e. The summed E-state index contributed by atoms with van der Waals surface area (Å²) in [4.78, 5) is 11.7. The van der Waals surface area contributed by atoms with Gasteiger partial charge in [-0.25, -0.2) is 4.79 Å². The van der Waals surface area contributed by atoms with Crippen LogP contribution >= 0.6 is 0 Å². The molecule has 2 rings (SSSR count). The van der Waals surface area contributed by atoms with Crippen molar-refractivity contribution in [1.29, 1.82) is 0 Å². The largest absolute Gasteiger partial charge is 0.479 e. The highest BCUT2D eigenvalue weighted by molar-refractivity contribution is 5.79. The Labute approximate surface area is 118 Å². The van der Waals surface area contributed by atoms with Crippen molar-refractivity contribution in [2.24, 2.45) is 0 Å². The minimum Gasteiger partial charge on any atom is -0.479 e. The van der Waals surface area contributed by atoms with E-state index in [-0.39, 0.29) is 5.92 Å². The molecule has 0 heterocycles. The summed E-state index contributed by atoms with van der Waals surface area (Å²) in [6.07, 6.45) is 0. The molecule has 20 heavy (non-hydrogen) atoms. The third-order valence-corrected chi connectivity index (χ3v) is 3.67. The highest BCUT2D eigenvalue weighted by Crippen LogP contribution is 2.37. The summed E-state index contributed by atoms with van der Waals surface area (Å²) < 4.78 is 5.37. The van der Waals surface area contributed by atoms with Crippen LogP contribution in [-0.2, 0) is 9.53 Å². The van der Waals surface area contributed by atoms with Crippen molar-refractivity contribution in [2.45, 2.75) is 18.4 Å². The van der Waals surface area contributed by atoms with E-state index in [1.165, 1.54) is 7.11 Å². The Morgan fingerprint density at radius 1 is 1.00 bits per heavy atom. The minimum absolute atomic E-state index is 0.368. The van der Waals surface area contributed by atoms with Crippen LogP contribution in [-0.4, -0.2) is 23.8 Å². The summed E-state index contributed by atoms with van der Waals surface area (Å²) in [5, 5.41) is 9.60. The molecule has 0 bridgehead atoms. The van der Waals surface area contributed by atoms with Gasteiger partial charge in [-0.05, 0) is 18.1 Å². The average molecular weight is 270 g/mol. The Morgan fingerprint density at radius 2 is 1.40 bits per heavy atom. The molecule has 104 valence electrons. The topological polar surface area (TPSA) is 46.5 Å². The molecule has 0 aromatic heterocycles. The number of benzene rings is 2. The van der Waals surface area contributed by atoms with Crippen molar-refractivity contribution in [2.75, 3.05) is 7.11 Å². The normalized spacial score (nSPS) is 13.9. The van der Waals surface area contributed by atoms with E-state index in [0.29, 0.717) is 0 Å². The van der Waals surface area contributed by atoms with Crippen LogP contribution in [0.2, 0.25) is 0 Å². The van der Waals surface area contributed by atoms with Crippen LogP contribution in [0.3, 0.4) is 0 Å². The van der Waals surface area contributed by atoms with E-state index in [0.717, 1.165) is 11.1 Å². The quantitative estimate of drug-likeness (QED) is 0.906. The number of hydrogen-bond donors (Lipinski definition) is 1. The van der Waals surface area contributed by atoms with E-state index < -0.39 is 11.6 Å². The molecular formula is C17H18O3. The molecule has 0 fully saturated rings. The second-order valence-electron chi connectivity index (χ2n) is 4.87. The van der Waals surface area contributed by atoms with E-state index >= 15 is 0 Å². The van der Waals surface area contributed by atoms with E-state index in [9.17, 15) is 9.90 Å². The third-order valence-electron chi connectivity index (χ3n) is 3.67. The Bertz CT molecular complexity index is 526. The molecule has 0 spiro atoms. The van der Waals surface area contributed by atoms with Gasteiger partial charge in [0.15, 0.2) is 5.60 Å². The number of methoxy groups -OCH3 is 1. The molecule has 2 aromatic rings. The number of carbonyl (C=O) groups is 1. The Balaban J connectivity index is 2.59. The first-order chi connectivity index (χ1) is 9.59. The molecule has 3 nitrogen and oxygen atoms in total. The molecule has 0 aliphatic carbocycles. The minimum atomic E-state index is -1.32. The lowest BCUT2D eigenvalue weighted by Gasteiger charge is -2.33. The van der Waals surface area contributed by atoms with E-state index in [1.54, 1.807) is 6.92 Å². The molecule has 3 heteroatoms. The van der Waals surface area contributed by atoms with Crippen LogP contribution in [0.1, 0.15) is 24.0 Å². The zero-order valence-corrected chi connectivity index (χ0v) is 11.6. The van der Waals surface area contributed by atoms with Gasteiger partial charge in [-0.3, -0.25) is 0 Å². The van der Waals surface area contributed by atoms with Gasteiger partial charge < -0.3 is 9.84 Å². The summed E-state index contributed by atoms with van der Waals surface area (Å²) >= 11 is 0. The maximum Gasteiger partial charge on any atom is 0.336 e. The fourth-order valence-electron chi connectivity index (χ4n) is 2.45. The molecule has 1 N–H and O–H groups in total. The van der Waals surface area contributed by atoms with Crippen LogP contribution < -0.4 is 0 Å². The van der Waals surface area contributed by atoms with Crippen LogP contribution in [0.4, 0.5) is 0 Å². The number of carboxylic acid groups (broad SMARTS) is 1. The molecule has 1 atom stereocenters. The number of carboxylic acids is 1. The molecule has 2 aromatic carbocycles. The van der Waals surface area contributed by atoms with Crippen LogP contribution in [0.25, 0.3) is 0 Å². The lowest BCUT2D eigenvalue weighted by atomic mass is 9.78. The lowest BCUT2D eigenvalue weighted by molar-refractivity contribution is -0.161. The van der Waals surface area contributed by atoms with Gasteiger partial charge in [0.2, 0.25) is 0 Å². The Kier molecular flexibility index (Phi) is 4.20. The molecule has 0 aliphatic rings. The molecule has 0 saturated heterocycles. The SMILES string of the molecule is COC(C)(C(=O)O)C(c1ccccc1)c1ccccc1. The van der Waals surface area contributed by atoms with Gasteiger partial charge in [-0.1, -0.05) is 60.7 Å². The molecular weight excluding hydrogens is 252 g/mol. The second kappa shape index (κ2) is 5.88. The summed E-state index contributed by atoms with van der Waals surface area (Å²) in [6.45, 7) is 1.61. The maximum atomic E-state index is 11.7. The predicted molar refractivity (Wildman–Crippen MR) is 77.8 cm³/mol. The maximum absolute atomic E-state index is 11.7. The van der Waals surface area contributed by atoms with E-state index in [1.807, 2.05) is 60.7 Å². The summed E-state index contributed by atoms with van der Waals surface area (Å²) in [5.41, 5.74) is 0.527. The standard InChI is InChI=1S/C17H18O3/c1-17(20-2,16(18)19)15(13-9-5-3-6-10-13)14-11-7-4-8-12-14/h3-12,15H,1-2H3,(H,18,19). The van der Waals surface area contributed by atoms with Gasteiger partial charge in [-0.15, -0.1) is 0 Å². The Morgan fingerprint density at radius 3 is 1.70 bits per heavy atom. The number of aliphatic carboxylic acids is 1. The zero-order valence-electron chi connectivity index (χ0n) is 11.6. The summed E-state index contributed by atoms with van der Waals surface area (Å²) in [6, 6.07) is 19.2. The predicted octanol–water partition coefficient (Wildman–Crippen LogP) is 3.31. The fourth-order valence-corrected chi connectivity index (χ4v) is 2.45. The van der Waals surface area contributed by atoms with E-state index in [2.05, 4.69) is 0 Å². The van der Waals surface area contributed by atoms with Crippen molar-refractivity contribution < 1.29 is 14.6 Å². The molecule has 0 saturated carbocycles. The molecule has 0 aliphatic heterocycles. The molecule has 1 unspecified atom stereocenters. The second-order valence-corrected chi connectivity index (χ2v) is 4.87. The first-order valence-corrected chi connectivity index (χ1v) is 6.48. The first kappa shape index (κ1) is 14.3. The first-order valence-electron chi connectivity index (χ1n) is 6.48. The van der Waals surface area contributed by atoms with Crippen molar-refractivity contribution >= 4 is 5.97 Å². The monoisotopic (exact) mass is 270 g/mol. The molecule has 0 radical (unpaired) electrons. The van der Waals surface area contributed by atoms with Gasteiger partial charge in [0.25, 0.3) is 0 Å². The van der Waals surface area contributed by atoms with Crippen LogP contribution in [0, 0.1) is 0 Å². The van der Waals surface area contributed by atoms with Crippen LogP contribution in [0.5, 0.6) is 0 Å². The zero-order chi connectivity index (χ0) is 14.6.